The number of carbonyl (C=O) groups excluding carboxylic acids is 1. The minimum atomic E-state index is -1.23. The highest BCUT2D eigenvalue weighted by molar-refractivity contribution is 6.01. The monoisotopic (exact) mass is 466 g/mol. The lowest BCUT2D eigenvalue weighted by Gasteiger charge is -2.03. The van der Waals surface area contributed by atoms with Gasteiger partial charge in [-0.3, -0.25) is 0 Å². The number of carboxylic acid groups (broad SMARTS) is 2. The Morgan fingerprint density at radius 3 is 1.27 bits per heavy atom. The first-order valence-corrected chi connectivity index (χ1v) is 12.3. The normalized spacial score (nSPS) is 10.2. The number of rotatable bonds is 18. The number of hydrogen-bond donors (Lipinski definition) is 3. The van der Waals surface area contributed by atoms with Crippen LogP contribution in [0, 0.1) is 0 Å². The molecule has 7 nitrogen and oxygen atoms in total. The summed E-state index contributed by atoms with van der Waals surface area (Å²) in [5, 5.41) is 25.2. The highest BCUT2D eigenvalue weighted by atomic mass is 17.1. The molecule has 0 unspecified atom stereocenters. The first-order valence-electron chi connectivity index (χ1n) is 12.3. The average molecular weight is 467 g/mol. The Kier molecular flexibility index (Phi) is 19.9. The molecular formula is C26H42O7. The van der Waals surface area contributed by atoms with E-state index in [0.29, 0.717) is 6.42 Å². The van der Waals surface area contributed by atoms with E-state index in [-0.39, 0.29) is 11.1 Å². The summed E-state index contributed by atoms with van der Waals surface area (Å²) in [6.45, 7) is 2.27. The lowest BCUT2D eigenvalue weighted by molar-refractivity contribution is -0.234. The van der Waals surface area contributed by atoms with Gasteiger partial charge < -0.3 is 15.1 Å². The molecule has 3 N–H and O–H groups in total. The zero-order valence-corrected chi connectivity index (χ0v) is 20.1. The number of carbonyl (C=O) groups is 3. The largest absolute Gasteiger partial charge is 0.478 e. The van der Waals surface area contributed by atoms with Crippen molar-refractivity contribution in [2.75, 3.05) is 0 Å². The van der Waals surface area contributed by atoms with Crippen molar-refractivity contribution in [3.8, 4) is 0 Å². The zero-order valence-electron chi connectivity index (χ0n) is 20.1. The van der Waals surface area contributed by atoms with Gasteiger partial charge in [0.05, 0.1) is 11.1 Å². The second-order valence-electron chi connectivity index (χ2n) is 8.32. The molecule has 0 atom stereocenters. The van der Waals surface area contributed by atoms with Crippen molar-refractivity contribution < 1.29 is 34.7 Å². The standard InChI is InChI=1S/C18H36O3.C8H6O4/c1-2-3-4-5-6-7-8-9-10-11-12-13-14-15-16-17-18(19)21-20;9-7(10)5-3-1-2-4-6(5)8(11)12/h20H,2-17H2,1H3;1-4H,(H,9,10)(H,11,12). The first kappa shape index (κ1) is 30.6. The Balaban J connectivity index is 0.000000716. The van der Waals surface area contributed by atoms with E-state index in [9.17, 15) is 14.4 Å². The summed E-state index contributed by atoms with van der Waals surface area (Å²) < 4.78 is 0. The third-order valence-electron chi connectivity index (χ3n) is 5.47. The van der Waals surface area contributed by atoms with Crippen LogP contribution in [0.3, 0.4) is 0 Å². The van der Waals surface area contributed by atoms with Gasteiger partial charge in [0.25, 0.3) is 0 Å². The van der Waals surface area contributed by atoms with Crippen LogP contribution < -0.4 is 0 Å². The topological polar surface area (TPSA) is 121 Å². The third kappa shape index (κ3) is 17.8. The molecule has 1 aromatic carbocycles. The van der Waals surface area contributed by atoms with E-state index in [4.69, 9.17) is 15.5 Å². The molecule has 33 heavy (non-hydrogen) atoms. The summed E-state index contributed by atoms with van der Waals surface area (Å²) in [7, 11) is 0. The molecule has 1 aromatic rings. The van der Waals surface area contributed by atoms with E-state index in [1.165, 1.54) is 108 Å². The lowest BCUT2D eigenvalue weighted by atomic mass is 10.0. The predicted molar refractivity (Wildman–Crippen MR) is 129 cm³/mol. The molecule has 0 bridgehead atoms. The van der Waals surface area contributed by atoms with Crippen LogP contribution in [-0.4, -0.2) is 33.4 Å². The van der Waals surface area contributed by atoms with Crippen LogP contribution in [0.5, 0.6) is 0 Å². The van der Waals surface area contributed by atoms with Gasteiger partial charge in [0.1, 0.15) is 0 Å². The van der Waals surface area contributed by atoms with Gasteiger partial charge in [-0.15, -0.1) is 0 Å². The van der Waals surface area contributed by atoms with Crippen molar-refractivity contribution in [1.82, 2.24) is 0 Å². The Bertz CT molecular complexity index is 625. The van der Waals surface area contributed by atoms with Crippen LogP contribution in [0.2, 0.25) is 0 Å². The van der Waals surface area contributed by atoms with Gasteiger partial charge in [-0.1, -0.05) is 109 Å². The molecule has 0 aromatic heterocycles. The zero-order chi connectivity index (χ0) is 24.7. The molecule has 0 spiro atoms. The molecule has 7 heteroatoms. The Labute approximate surface area is 198 Å². The van der Waals surface area contributed by atoms with Crippen molar-refractivity contribution in [3.63, 3.8) is 0 Å². The molecule has 0 aliphatic carbocycles. The molecular weight excluding hydrogens is 424 g/mol. The quantitative estimate of drug-likeness (QED) is 0.117. The molecule has 188 valence electrons. The molecule has 0 fully saturated rings. The second-order valence-corrected chi connectivity index (χ2v) is 8.32. The molecule has 0 aliphatic heterocycles. The van der Waals surface area contributed by atoms with E-state index >= 15 is 0 Å². The van der Waals surface area contributed by atoms with Gasteiger partial charge in [0, 0.05) is 6.42 Å². The highest BCUT2D eigenvalue weighted by Crippen LogP contribution is 2.13. The molecule has 0 saturated heterocycles. The lowest BCUT2D eigenvalue weighted by Crippen LogP contribution is -2.06. The van der Waals surface area contributed by atoms with Crippen molar-refractivity contribution in [2.24, 2.45) is 0 Å². The summed E-state index contributed by atoms with van der Waals surface area (Å²) >= 11 is 0. The summed E-state index contributed by atoms with van der Waals surface area (Å²) in [4.78, 5) is 35.2. The second kappa shape index (κ2) is 21.4. The maximum atomic E-state index is 10.7. The number of aromatic carboxylic acids is 2. The van der Waals surface area contributed by atoms with Crippen molar-refractivity contribution in [2.45, 2.75) is 110 Å². The van der Waals surface area contributed by atoms with Crippen LogP contribution in [0.15, 0.2) is 24.3 Å². The Morgan fingerprint density at radius 1 is 0.636 bits per heavy atom. The summed E-state index contributed by atoms with van der Waals surface area (Å²) in [5.74, 6) is -2.97. The van der Waals surface area contributed by atoms with E-state index in [1.807, 2.05) is 0 Å². The Morgan fingerprint density at radius 2 is 0.970 bits per heavy atom. The van der Waals surface area contributed by atoms with Gasteiger partial charge in [-0.2, -0.15) is 5.26 Å². The smallest absolute Gasteiger partial charge is 0.342 e. The predicted octanol–water partition coefficient (Wildman–Crippen LogP) is 7.35. The van der Waals surface area contributed by atoms with Gasteiger partial charge in [-0.05, 0) is 18.6 Å². The maximum absolute atomic E-state index is 10.7. The van der Waals surface area contributed by atoms with Crippen LogP contribution in [-0.2, 0) is 9.68 Å². The number of carboxylic acids is 2. The minimum Gasteiger partial charge on any atom is -0.478 e. The highest BCUT2D eigenvalue weighted by Gasteiger charge is 2.13. The molecule has 0 aliphatic rings. The number of unbranched alkanes of at least 4 members (excludes halogenated alkanes) is 14. The van der Waals surface area contributed by atoms with Crippen molar-refractivity contribution >= 4 is 17.9 Å². The van der Waals surface area contributed by atoms with E-state index < -0.39 is 17.9 Å². The molecule has 0 amide bonds. The molecule has 0 radical (unpaired) electrons. The average Bonchev–Trinajstić information content (AvgIpc) is 2.81. The molecule has 1 rings (SSSR count). The van der Waals surface area contributed by atoms with Crippen LogP contribution in [0.4, 0.5) is 0 Å². The summed E-state index contributed by atoms with van der Waals surface area (Å²) in [6.07, 6.45) is 20.0. The first-order chi connectivity index (χ1) is 15.9. The third-order valence-corrected chi connectivity index (χ3v) is 5.47. The summed E-state index contributed by atoms with van der Waals surface area (Å²) in [5.41, 5.74) is -0.380. The number of hydrogen-bond acceptors (Lipinski definition) is 5. The van der Waals surface area contributed by atoms with Gasteiger partial charge >= 0.3 is 17.9 Å². The minimum absolute atomic E-state index is 0.190. The van der Waals surface area contributed by atoms with Gasteiger partial charge in [0.2, 0.25) is 0 Å². The van der Waals surface area contributed by atoms with E-state index in [2.05, 4.69) is 11.8 Å². The fraction of sp³-hybridized carbons (Fsp3) is 0.654. The number of benzene rings is 1. The molecule has 0 saturated carbocycles. The fourth-order valence-corrected chi connectivity index (χ4v) is 3.54. The van der Waals surface area contributed by atoms with Crippen LogP contribution in [0.25, 0.3) is 0 Å². The van der Waals surface area contributed by atoms with E-state index in [1.54, 1.807) is 0 Å². The summed E-state index contributed by atoms with van der Waals surface area (Å²) in [6, 6.07) is 5.48. The van der Waals surface area contributed by atoms with Crippen molar-refractivity contribution in [3.05, 3.63) is 35.4 Å². The Hall–Kier alpha value is -2.41. The maximum Gasteiger partial charge on any atom is 0.342 e. The van der Waals surface area contributed by atoms with E-state index in [0.717, 1.165) is 12.8 Å². The van der Waals surface area contributed by atoms with Crippen LogP contribution >= 0.6 is 0 Å². The molecule has 0 heterocycles. The van der Waals surface area contributed by atoms with Crippen molar-refractivity contribution in [1.29, 1.82) is 0 Å². The SMILES string of the molecule is CCCCCCCCCCCCCCCCCC(=O)OO.O=C(O)c1ccccc1C(=O)O. The van der Waals surface area contributed by atoms with Gasteiger partial charge in [-0.25, -0.2) is 14.4 Å². The van der Waals surface area contributed by atoms with Gasteiger partial charge in [0.15, 0.2) is 0 Å². The van der Waals surface area contributed by atoms with Crippen LogP contribution in [0.1, 0.15) is 130 Å². The fourth-order valence-electron chi connectivity index (χ4n) is 3.54.